The fourth-order valence-electron chi connectivity index (χ4n) is 2.27. The van der Waals surface area contributed by atoms with Gasteiger partial charge in [0.15, 0.2) is 5.13 Å². The topological polar surface area (TPSA) is 77.6 Å². The summed E-state index contributed by atoms with van der Waals surface area (Å²) < 4.78 is 3.60. The fourth-order valence-corrected chi connectivity index (χ4v) is 2.82. The molecule has 0 aromatic carbocycles. The predicted molar refractivity (Wildman–Crippen MR) is 81.4 cm³/mol. The van der Waals surface area contributed by atoms with Crippen LogP contribution < -0.4 is 5.32 Å². The summed E-state index contributed by atoms with van der Waals surface area (Å²) in [5.41, 5.74) is 2.72. The van der Waals surface area contributed by atoms with Gasteiger partial charge in [0, 0.05) is 17.6 Å². The number of anilines is 1. The summed E-state index contributed by atoms with van der Waals surface area (Å²) in [4.78, 5) is 16.1. The van der Waals surface area contributed by atoms with E-state index in [0.29, 0.717) is 5.13 Å². The number of aromatic nitrogens is 5. The summed E-state index contributed by atoms with van der Waals surface area (Å²) in [6, 6.07) is 0.253. The van der Waals surface area contributed by atoms with E-state index in [4.69, 9.17) is 0 Å². The molecule has 3 rings (SSSR count). The number of nitrogens with one attached hydrogen (secondary N) is 1. The van der Waals surface area contributed by atoms with E-state index < -0.39 is 0 Å². The molecule has 0 atom stereocenters. The average molecular weight is 304 g/mol. The second-order valence-corrected chi connectivity index (χ2v) is 5.94. The molecule has 0 aliphatic carbocycles. The quantitative estimate of drug-likeness (QED) is 0.801. The van der Waals surface area contributed by atoms with Crippen LogP contribution in [-0.2, 0) is 11.3 Å². The van der Waals surface area contributed by atoms with Crippen molar-refractivity contribution in [3.63, 3.8) is 0 Å². The Morgan fingerprint density at radius 1 is 1.48 bits per heavy atom. The number of fused-ring (bicyclic) bond motifs is 1. The molecule has 0 saturated carbocycles. The van der Waals surface area contributed by atoms with Crippen molar-refractivity contribution in [3.05, 3.63) is 23.5 Å². The van der Waals surface area contributed by atoms with Gasteiger partial charge in [0.1, 0.15) is 17.6 Å². The lowest BCUT2D eigenvalue weighted by Crippen LogP contribution is -2.19. The summed E-state index contributed by atoms with van der Waals surface area (Å²) in [6.07, 6.45) is 3.41. The van der Waals surface area contributed by atoms with Crippen LogP contribution in [0.25, 0.3) is 11.0 Å². The van der Waals surface area contributed by atoms with E-state index in [2.05, 4.69) is 34.3 Å². The number of rotatable bonds is 4. The molecule has 7 nitrogen and oxygen atoms in total. The van der Waals surface area contributed by atoms with E-state index in [9.17, 15) is 4.79 Å². The maximum atomic E-state index is 12.0. The summed E-state index contributed by atoms with van der Waals surface area (Å²) in [7, 11) is 0. The SMILES string of the molecule is Cc1nn(C(C)C)c2cnn(CC(=O)Nc3nccs3)c12. The van der Waals surface area contributed by atoms with Crippen LogP contribution in [0.4, 0.5) is 5.13 Å². The molecule has 1 N–H and O–H groups in total. The highest BCUT2D eigenvalue weighted by molar-refractivity contribution is 7.13. The third-order valence-electron chi connectivity index (χ3n) is 3.13. The van der Waals surface area contributed by atoms with Crippen molar-refractivity contribution in [1.82, 2.24) is 24.5 Å². The molecule has 0 spiro atoms. The van der Waals surface area contributed by atoms with Crippen molar-refractivity contribution < 1.29 is 4.79 Å². The molecule has 3 heterocycles. The number of aryl methyl sites for hydroxylation is 1. The molecule has 0 saturated heterocycles. The first kappa shape index (κ1) is 13.7. The van der Waals surface area contributed by atoms with E-state index in [-0.39, 0.29) is 18.5 Å². The molecule has 3 aromatic heterocycles. The highest BCUT2D eigenvalue weighted by Gasteiger charge is 2.16. The zero-order valence-electron chi connectivity index (χ0n) is 12.1. The Bertz CT molecular complexity index is 770. The van der Waals surface area contributed by atoms with Gasteiger partial charge in [-0.3, -0.25) is 14.2 Å². The van der Waals surface area contributed by atoms with Gasteiger partial charge >= 0.3 is 0 Å². The maximum absolute atomic E-state index is 12.0. The summed E-state index contributed by atoms with van der Waals surface area (Å²) in [6.45, 7) is 6.21. The Morgan fingerprint density at radius 2 is 2.29 bits per heavy atom. The predicted octanol–water partition coefficient (Wildman–Crippen LogP) is 2.22. The zero-order valence-corrected chi connectivity index (χ0v) is 12.9. The van der Waals surface area contributed by atoms with Gasteiger partial charge in [0.2, 0.25) is 5.91 Å². The van der Waals surface area contributed by atoms with Gasteiger partial charge in [-0.25, -0.2) is 4.98 Å². The highest BCUT2D eigenvalue weighted by atomic mass is 32.1. The number of carbonyl (C=O) groups is 1. The average Bonchev–Trinajstić information content (AvgIpc) is 3.10. The lowest BCUT2D eigenvalue weighted by atomic mass is 10.3. The van der Waals surface area contributed by atoms with E-state index in [1.807, 2.05) is 17.0 Å². The minimum atomic E-state index is -0.147. The molecule has 0 aliphatic heterocycles. The van der Waals surface area contributed by atoms with Gasteiger partial charge in [0.25, 0.3) is 0 Å². The summed E-state index contributed by atoms with van der Waals surface area (Å²) in [5, 5.41) is 14.0. The smallest absolute Gasteiger partial charge is 0.247 e. The van der Waals surface area contributed by atoms with Crippen molar-refractivity contribution in [3.8, 4) is 0 Å². The highest BCUT2D eigenvalue weighted by Crippen LogP contribution is 2.21. The number of thiazole rings is 1. The molecule has 21 heavy (non-hydrogen) atoms. The van der Waals surface area contributed by atoms with Crippen molar-refractivity contribution in [2.24, 2.45) is 0 Å². The van der Waals surface area contributed by atoms with E-state index in [1.165, 1.54) is 11.3 Å². The Morgan fingerprint density at radius 3 is 2.95 bits per heavy atom. The van der Waals surface area contributed by atoms with Gasteiger partial charge in [-0.2, -0.15) is 10.2 Å². The third-order valence-corrected chi connectivity index (χ3v) is 3.82. The lowest BCUT2D eigenvalue weighted by Gasteiger charge is -2.04. The van der Waals surface area contributed by atoms with E-state index >= 15 is 0 Å². The fraction of sp³-hybridized carbons (Fsp3) is 0.385. The number of amides is 1. The Hall–Kier alpha value is -2.22. The van der Waals surface area contributed by atoms with Gasteiger partial charge in [-0.05, 0) is 20.8 Å². The molecule has 110 valence electrons. The minimum Gasteiger partial charge on any atom is -0.300 e. The number of hydrogen-bond acceptors (Lipinski definition) is 5. The van der Waals surface area contributed by atoms with E-state index in [0.717, 1.165) is 16.7 Å². The first-order chi connectivity index (χ1) is 10.1. The third kappa shape index (κ3) is 2.54. The molecule has 0 aliphatic rings. The van der Waals surface area contributed by atoms with Crippen LogP contribution in [0.15, 0.2) is 17.8 Å². The molecule has 0 radical (unpaired) electrons. The van der Waals surface area contributed by atoms with Crippen LogP contribution in [0.5, 0.6) is 0 Å². The van der Waals surface area contributed by atoms with Crippen LogP contribution in [0.1, 0.15) is 25.6 Å². The minimum absolute atomic E-state index is 0.147. The molecule has 0 unspecified atom stereocenters. The van der Waals surface area contributed by atoms with Crippen molar-refractivity contribution in [2.45, 2.75) is 33.4 Å². The largest absolute Gasteiger partial charge is 0.300 e. The molecule has 0 bridgehead atoms. The Labute approximate surface area is 125 Å². The van der Waals surface area contributed by atoms with Gasteiger partial charge < -0.3 is 5.32 Å². The van der Waals surface area contributed by atoms with Crippen LogP contribution in [0.2, 0.25) is 0 Å². The normalized spacial score (nSPS) is 11.4. The van der Waals surface area contributed by atoms with Crippen molar-refractivity contribution >= 4 is 33.4 Å². The second kappa shape index (κ2) is 5.28. The standard InChI is InChI=1S/C13H16N6OS/c1-8(2)19-10-6-15-18(12(10)9(3)17-19)7-11(20)16-13-14-4-5-21-13/h4-6,8H,7H2,1-3H3,(H,14,16,20). The Balaban J connectivity index is 1.86. The van der Waals surface area contributed by atoms with Crippen molar-refractivity contribution in [1.29, 1.82) is 0 Å². The molecule has 3 aromatic rings. The van der Waals surface area contributed by atoms with Crippen molar-refractivity contribution in [2.75, 3.05) is 5.32 Å². The molecular weight excluding hydrogens is 288 g/mol. The molecular formula is C13H16N6OS. The number of hydrogen-bond donors (Lipinski definition) is 1. The number of carbonyl (C=O) groups excluding carboxylic acids is 1. The van der Waals surface area contributed by atoms with Gasteiger partial charge in [-0.1, -0.05) is 0 Å². The summed E-state index contributed by atoms with van der Waals surface area (Å²) in [5.74, 6) is -0.147. The zero-order chi connectivity index (χ0) is 15.0. The van der Waals surface area contributed by atoms with Crippen LogP contribution in [0, 0.1) is 6.92 Å². The first-order valence-corrected chi connectivity index (χ1v) is 7.54. The van der Waals surface area contributed by atoms with Gasteiger partial charge in [-0.15, -0.1) is 11.3 Å². The molecule has 1 amide bonds. The van der Waals surface area contributed by atoms with Crippen LogP contribution >= 0.6 is 11.3 Å². The summed E-state index contributed by atoms with van der Waals surface area (Å²) >= 11 is 1.39. The molecule has 0 fully saturated rings. The molecule has 8 heteroatoms. The Kier molecular flexibility index (Phi) is 3.46. The monoisotopic (exact) mass is 304 g/mol. The first-order valence-electron chi connectivity index (χ1n) is 6.66. The van der Waals surface area contributed by atoms with Crippen LogP contribution in [-0.4, -0.2) is 30.5 Å². The maximum Gasteiger partial charge on any atom is 0.247 e. The number of nitrogens with zero attached hydrogens (tertiary/aromatic N) is 5. The van der Waals surface area contributed by atoms with Crippen LogP contribution in [0.3, 0.4) is 0 Å². The second-order valence-electron chi connectivity index (χ2n) is 5.05. The van der Waals surface area contributed by atoms with E-state index in [1.54, 1.807) is 17.1 Å². The lowest BCUT2D eigenvalue weighted by molar-refractivity contribution is -0.116. The van der Waals surface area contributed by atoms with Gasteiger partial charge in [0.05, 0.1) is 11.9 Å².